The summed E-state index contributed by atoms with van der Waals surface area (Å²) < 4.78 is 0.984. The minimum Gasteiger partial charge on any atom is -0.361 e. The van der Waals surface area contributed by atoms with E-state index in [0.29, 0.717) is 15.2 Å². The van der Waals surface area contributed by atoms with E-state index in [1.807, 2.05) is 72.8 Å². The first kappa shape index (κ1) is 25.0. The van der Waals surface area contributed by atoms with Crippen molar-refractivity contribution in [1.82, 2.24) is 9.97 Å². The molecule has 0 unspecified atom stereocenters. The summed E-state index contributed by atoms with van der Waals surface area (Å²) in [7, 11) is 0. The van der Waals surface area contributed by atoms with Gasteiger partial charge in [-0.25, -0.2) is 0 Å². The fraction of sp³-hybridized carbons (Fsp3) is 0.0333. The van der Waals surface area contributed by atoms with Crippen LogP contribution in [0.3, 0.4) is 0 Å². The molecule has 4 N–H and O–H groups in total. The lowest BCUT2D eigenvalue weighted by atomic mass is 9.84. The maximum Gasteiger partial charge on any atom is 0.175 e. The fourth-order valence-corrected chi connectivity index (χ4v) is 5.83. The number of nitrogens with one attached hydrogen (secondary N) is 4. The molecule has 188 valence electrons. The molecule has 0 saturated heterocycles. The molecule has 2 heterocycles. The third-order valence-electron chi connectivity index (χ3n) is 6.56. The van der Waals surface area contributed by atoms with Gasteiger partial charge in [-0.2, -0.15) is 0 Å². The Kier molecular flexibility index (Phi) is 6.89. The monoisotopic (exact) mass is 618 g/mol. The zero-order valence-electron chi connectivity index (χ0n) is 19.9. The van der Waals surface area contributed by atoms with E-state index in [-0.39, 0.29) is 5.92 Å². The number of benzene rings is 4. The summed E-state index contributed by atoms with van der Waals surface area (Å²) >= 11 is 21.8. The molecule has 0 radical (unpaired) electrons. The van der Waals surface area contributed by atoms with Gasteiger partial charge in [0.05, 0.1) is 0 Å². The lowest BCUT2D eigenvalue weighted by molar-refractivity contribution is 0.998. The van der Waals surface area contributed by atoms with Gasteiger partial charge < -0.3 is 20.6 Å². The van der Waals surface area contributed by atoms with Gasteiger partial charge in [0.25, 0.3) is 0 Å². The fourth-order valence-electron chi connectivity index (χ4n) is 4.85. The number of rotatable bonds is 5. The van der Waals surface area contributed by atoms with E-state index in [1.54, 1.807) is 0 Å². The van der Waals surface area contributed by atoms with Crippen LogP contribution in [0.5, 0.6) is 0 Å². The van der Waals surface area contributed by atoms with Crippen molar-refractivity contribution in [3.05, 3.63) is 129 Å². The summed E-state index contributed by atoms with van der Waals surface area (Å²) in [6.07, 6.45) is 4.14. The Labute approximate surface area is 243 Å². The normalized spacial score (nSPS) is 11.4. The smallest absolute Gasteiger partial charge is 0.175 e. The number of thiocarbonyl (C=S) groups is 1. The molecule has 6 aromatic rings. The van der Waals surface area contributed by atoms with Gasteiger partial charge in [0, 0.05) is 66.0 Å². The van der Waals surface area contributed by atoms with Crippen molar-refractivity contribution in [3.63, 3.8) is 0 Å². The molecular formula is C30H21BrCl2N4S. The molecule has 4 aromatic carbocycles. The minimum absolute atomic E-state index is 0.0600. The number of aromatic amines is 2. The van der Waals surface area contributed by atoms with E-state index in [9.17, 15) is 0 Å². The summed E-state index contributed by atoms with van der Waals surface area (Å²) in [6.45, 7) is 0. The molecule has 6 rings (SSSR count). The third kappa shape index (κ3) is 5.05. The second-order valence-corrected chi connectivity index (χ2v) is 11.2. The molecule has 38 heavy (non-hydrogen) atoms. The van der Waals surface area contributed by atoms with Crippen LogP contribution in [0.4, 0.5) is 11.4 Å². The molecule has 0 saturated carbocycles. The summed E-state index contributed by atoms with van der Waals surface area (Å²) in [5.74, 6) is -0.0600. The second-order valence-electron chi connectivity index (χ2n) is 9.01. The van der Waals surface area contributed by atoms with Crippen molar-refractivity contribution in [2.75, 3.05) is 10.6 Å². The molecule has 0 aliphatic heterocycles. The zero-order chi connectivity index (χ0) is 26.2. The topological polar surface area (TPSA) is 55.6 Å². The molecule has 4 nitrogen and oxygen atoms in total. The van der Waals surface area contributed by atoms with Gasteiger partial charge in [-0.05, 0) is 95.6 Å². The van der Waals surface area contributed by atoms with Crippen molar-refractivity contribution in [1.29, 1.82) is 0 Å². The Hall–Kier alpha value is -3.29. The second kappa shape index (κ2) is 10.5. The van der Waals surface area contributed by atoms with E-state index in [1.165, 1.54) is 0 Å². The Morgan fingerprint density at radius 1 is 0.711 bits per heavy atom. The van der Waals surface area contributed by atoms with Gasteiger partial charge in [0.2, 0.25) is 0 Å². The summed E-state index contributed by atoms with van der Waals surface area (Å²) in [5, 5.41) is 10.6. The number of halogens is 3. The standard InChI is InChI=1S/C30H21BrCl2N4S/c31-18-2-1-3-22(12-18)37-30(38)36-21-8-4-17(5-9-21)29(25-15-34-27-10-6-19(32)13-23(25)27)26-16-35-28-11-7-20(33)14-24(26)28/h1-16,29,34-35H,(H2,36,37,38). The summed E-state index contributed by atoms with van der Waals surface area (Å²) in [4.78, 5) is 6.83. The van der Waals surface area contributed by atoms with E-state index in [2.05, 4.69) is 61.1 Å². The SMILES string of the molecule is S=C(Nc1ccc(C(c2c[nH]c3ccc(Cl)cc23)c2c[nH]c3ccc(Cl)cc23)cc1)Nc1cccc(Br)c1. The summed E-state index contributed by atoms with van der Waals surface area (Å²) in [6, 6.07) is 28.1. The quantitative estimate of drug-likeness (QED) is 0.145. The molecule has 2 aromatic heterocycles. The predicted molar refractivity (Wildman–Crippen MR) is 168 cm³/mol. The van der Waals surface area contributed by atoms with Crippen LogP contribution in [0.15, 0.2) is 102 Å². The van der Waals surface area contributed by atoms with Gasteiger partial charge in [0.1, 0.15) is 0 Å². The van der Waals surface area contributed by atoms with Crippen LogP contribution in [-0.4, -0.2) is 15.1 Å². The Morgan fingerprint density at radius 2 is 1.29 bits per heavy atom. The zero-order valence-corrected chi connectivity index (χ0v) is 23.8. The van der Waals surface area contributed by atoms with Crippen molar-refractivity contribution in [2.45, 2.75) is 5.92 Å². The highest BCUT2D eigenvalue weighted by Crippen LogP contribution is 2.40. The van der Waals surface area contributed by atoms with Gasteiger partial charge >= 0.3 is 0 Å². The minimum atomic E-state index is -0.0600. The number of hydrogen-bond acceptors (Lipinski definition) is 1. The lowest BCUT2D eigenvalue weighted by Crippen LogP contribution is -2.19. The van der Waals surface area contributed by atoms with Gasteiger partial charge in [0.15, 0.2) is 5.11 Å². The maximum absolute atomic E-state index is 6.41. The molecule has 0 amide bonds. The highest BCUT2D eigenvalue weighted by atomic mass is 79.9. The van der Waals surface area contributed by atoms with Crippen LogP contribution in [0.1, 0.15) is 22.6 Å². The van der Waals surface area contributed by atoms with Crippen LogP contribution in [0.2, 0.25) is 10.0 Å². The average Bonchev–Trinajstić information content (AvgIpc) is 3.49. The van der Waals surface area contributed by atoms with Crippen molar-refractivity contribution in [2.24, 2.45) is 0 Å². The van der Waals surface area contributed by atoms with E-state index < -0.39 is 0 Å². The van der Waals surface area contributed by atoms with E-state index in [0.717, 1.165) is 54.3 Å². The molecule has 0 aliphatic rings. The highest BCUT2D eigenvalue weighted by molar-refractivity contribution is 9.10. The van der Waals surface area contributed by atoms with Gasteiger partial charge in [-0.3, -0.25) is 0 Å². The molecule has 0 fully saturated rings. The third-order valence-corrected chi connectivity index (χ3v) is 7.73. The molecule has 0 aliphatic carbocycles. The first-order valence-electron chi connectivity index (χ1n) is 11.9. The lowest BCUT2D eigenvalue weighted by Gasteiger charge is -2.18. The molecule has 8 heteroatoms. The first-order chi connectivity index (χ1) is 18.4. The van der Waals surface area contributed by atoms with Crippen LogP contribution < -0.4 is 10.6 Å². The Bertz CT molecular complexity index is 1710. The van der Waals surface area contributed by atoms with E-state index in [4.69, 9.17) is 35.4 Å². The Morgan fingerprint density at radius 3 is 1.87 bits per heavy atom. The van der Waals surface area contributed by atoms with E-state index >= 15 is 0 Å². The average molecular weight is 620 g/mol. The van der Waals surface area contributed by atoms with Crippen LogP contribution in [0, 0.1) is 0 Å². The first-order valence-corrected chi connectivity index (χ1v) is 13.9. The largest absolute Gasteiger partial charge is 0.361 e. The number of anilines is 2. The van der Waals surface area contributed by atoms with Crippen LogP contribution in [0.25, 0.3) is 21.8 Å². The Balaban J connectivity index is 1.37. The molecular weight excluding hydrogens is 599 g/mol. The number of aromatic nitrogens is 2. The highest BCUT2D eigenvalue weighted by Gasteiger charge is 2.23. The maximum atomic E-state index is 6.41. The number of hydrogen-bond donors (Lipinski definition) is 4. The van der Waals surface area contributed by atoms with Crippen LogP contribution in [-0.2, 0) is 0 Å². The number of fused-ring (bicyclic) bond motifs is 2. The van der Waals surface area contributed by atoms with Gasteiger partial charge in [-0.15, -0.1) is 0 Å². The molecule has 0 atom stereocenters. The number of H-pyrrole nitrogens is 2. The van der Waals surface area contributed by atoms with Gasteiger partial charge in [-0.1, -0.05) is 57.3 Å². The van der Waals surface area contributed by atoms with Crippen LogP contribution >= 0.6 is 51.3 Å². The van der Waals surface area contributed by atoms with Crippen molar-refractivity contribution < 1.29 is 0 Å². The molecule has 0 spiro atoms. The van der Waals surface area contributed by atoms with Crippen molar-refractivity contribution in [3.8, 4) is 0 Å². The predicted octanol–water partition coefficient (Wildman–Crippen LogP) is 9.71. The molecule has 0 bridgehead atoms. The summed E-state index contributed by atoms with van der Waals surface area (Å²) in [5.41, 5.74) is 7.27. The van der Waals surface area contributed by atoms with Crippen molar-refractivity contribution >= 4 is 89.6 Å².